The van der Waals surface area contributed by atoms with Crippen LogP contribution in [0.25, 0.3) is 0 Å². The fourth-order valence-electron chi connectivity index (χ4n) is 3.23. The molecule has 2 aromatic rings. The first-order chi connectivity index (χ1) is 13.4. The molecule has 2 amide bonds. The Morgan fingerprint density at radius 3 is 2.36 bits per heavy atom. The van der Waals surface area contributed by atoms with Crippen molar-refractivity contribution in [1.82, 2.24) is 10.2 Å². The number of ketones is 1. The molecule has 0 bridgehead atoms. The van der Waals surface area contributed by atoms with Gasteiger partial charge in [-0.25, -0.2) is 0 Å². The third-order valence-corrected chi connectivity index (χ3v) is 5.35. The summed E-state index contributed by atoms with van der Waals surface area (Å²) in [6, 6.07) is 10.7. The summed E-state index contributed by atoms with van der Waals surface area (Å²) >= 11 is 3.18. The minimum absolute atomic E-state index is 0.00890. The molecule has 1 fully saturated rings. The number of benzene rings is 1. The number of hydrogen-bond acceptors (Lipinski definition) is 4. The molecule has 1 N–H and O–H groups in total. The van der Waals surface area contributed by atoms with Crippen molar-refractivity contribution in [3.05, 3.63) is 58.0 Å². The van der Waals surface area contributed by atoms with Gasteiger partial charge in [-0.3, -0.25) is 14.4 Å². The van der Waals surface area contributed by atoms with Crippen molar-refractivity contribution in [1.29, 1.82) is 0 Å². The Labute approximate surface area is 172 Å². The summed E-state index contributed by atoms with van der Waals surface area (Å²) in [5.41, 5.74) is 1.74. The molecule has 0 atom stereocenters. The third-order valence-electron chi connectivity index (χ3n) is 4.92. The second-order valence-corrected chi connectivity index (χ2v) is 7.80. The Morgan fingerprint density at radius 2 is 1.75 bits per heavy atom. The van der Waals surface area contributed by atoms with E-state index in [0.29, 0.717) is 36.2 Å². The Balaban J connectivity index is 1.41. The fourth-order valence-corrected chi connectivity index (χ4v) is 3.54. The number of Topliss-reactive ketones (excluding diaryl/α,β-unsaturated/α-hetero) is 1. The average Bonchev–Trinajstić information content (AvgIpc) is 3.13. The van der Waals surface area contributed by atoms with Crippen LogP contribution in [0.2, 0.25) is 0 Å². The van der Waals surface area contributed by atoms with E-state index < -0.39 is 0 Å². The highest BCUT2D eigenvalue weighted by atomic mass is 79.9. The number of piperidine rings is 1. The SMILES string of the molecule is Cc1ccc(C(=O)CCC(=O)N2CCC(NC(=O)c3ccc(Br)o3)CC2)cc1. The molecule has 0 spiro atoms. The second-order valence-electron chi connectivity index (χ2n) is 7.02. The maximum Gasteiger partial charge on any atom is 0.287 e. The molecular formula is C21H23BrN2O4. The maximum atomic E-state index is 12.4. The number of carbonyl (C=O) groups excluding carboxylic acids is 3. The number of furan rings is 1. The van der Waals surface area contributed by atoms with Gasteiger partial charge in [0.15, 0.2) is 16.2 Å². The number of rotatable bonds is 6. The van der Waals surface area contributed by atoms with Crippen LogP contribution in [-0.4, -0.2) is 41.6 Å². The number of likely N-dealkylation sites (tertiary alicyclic amines) is 1. The number of carbonyl (C=O) groups is 3. The minimum Gasteiger partial charge on any atom is -0.444 e. The molecule has 1 saturated heterocycles. The summed E-state index contributed by atoms with van der Waals surface area (Å²) in [6.45, 7) is 3.12. The summed E-state index contributed by atoms with van der Waals surface area (Å²) in [5, 5.41) is 2.94. The molecule has 1 aliphatic heterocycles. The number of nitrogens with one attached hydrogen (secondary N) is 1. The topological polar surface area (TPSA) is 79.6 Å². The lowest BCUT2D eigenvalue weighted by Gasteiger charge is -2.32. The van der Waals surface area contributed by atoms with Gasteiger partial charge in [0.25, 0.3) is 5.91 Å². The van der Waals surface area contributed by atoms with Crippen molar-refractivity contribution in [2.45, 2.75) is 38.6 Å². The van der Waals surface area contributed by atoms with E-state index in [1.807, 2.05) is 19.1 Å². The molecule has 0 unspecified atom stereocenters. The number of hydrogen-bond donors (Lipinski definition) is 1. The normalized spacial score (nSPS) is 14.7. The first-order valence-electron chi connectivity index (χ1n) is 9.36. The molecule has 2 heterocycles. The molecular weight excluding hydrogens is 424 g/mol. The number of halogens is 1. The zero-order valence-corrected chi connectivity index (χ0v) is 17.3. The van der Waals surface area contributed by atoms with E-state index in [2.05, 4.69) is 21.2 Å². The third kappa shape index (κ3) is 5.32. The van der Waals surface area contributed by atoms with Crippen LogP contribution < -0.4 is 5.32 Å². The van der Waals surface area contributed by atoms with Crippen LogP contribution in [0.3, 0.4) is 0 Å². The number of amides is 2. The zero-order valence-electron chi connectivity index (χ0n) is 15.7. The van der Waals surface area contributed by atoms with Gasteiger partial charge in [0, 0.05) is 37.5 Å². The largest absolute Gasteiger partial charge is 0.444 e. The van der Waals surface area contributed by atoms with E-state index >= 15 is 0 Å². The minimum atomic E-state index is -0.251. The van der Waals surface area contributed by atoms with Gasteiger partial charge < -0.3 is 14.6 Å². The standard InChI is InChI=1S/C21H23BrN2O4/c1-14-2-4-15(5-3-14)17(25)6-9-20(26)24-12-10-16(11-13-24)23-21(27)18-7-8-19(22)28-18/h2-5,7-8,16H,6,9-13H2,1H3,(H,23,27). The Bertz CT molecular complexity index is 852. The van der Waals surface area contributed by atoms with Crippen LogP contribution >= 0.6 is 15.9 Å². The zero-order chi connectivity index (χ0) is 20.1. The monoisotopic (exact) mass is 446 g/mol. The Hall–Kier alpha value is -2.41. The van der Waals surface area contributed by atoms with E-state index in [-0.39, 0.29) is 42.2 Å². The highest BCUT2D eigenvalue weighted by Gasteiger charge is 2.25. The smallest absolute Gasteiger partial charge is 0.287 e. The number of aryl methyl sites for hydroxylation is 1. The van der Waals surface area contributed by atoms with Crippen molar-refractivity contribution < 1.29 is 18.8 Å². The lowest BCUT2D eigenvalue weighted by Crippen LogP contribution is -2.46. The summed E-state index contributed by atoms with van der Waals surface area (Å²) in [7, 11) is 0. The molecule has 6 nitrogen and oxygen atoms in total. The van der Waals surface area contributed by atoms with Gasteiger partial charge in [0.1, 0.15) is 0 Å². The summed E-state index contributed by atoms with van der Waals surface area (Å²) < 4.78 is 5.76. The van der Waals surface area contributed by atoms with Crippen LogP contribution in [0.15, 0.2) is 45.5 Å². The van der Waals surface area contributed by atoms with E-state index in [9.17, 15) is 14.4 Å². The predicted molar refractivity (Wildman–Crippen MR) is 108 cm³/mol. The van der Waals surface area contributed by atoms with Gasteiger partial charge in [0.05, 0.1) is 0 Å². The summed E-state index contributed by atoms with van der Waals surface area (Å²) in [4.78, 5) is 38.5. The highest BCUT2D eigenvalue weighted by Crippen LogP contribution is 2.17. The van der Waals surface area contributed by atoms with Crippen molar-refractivity contribution >= 4 is 33.5 Å². The van der Waals surface area contributed by atoms with E-state index in [4.69, 9.17) is 4.42 Å². The number of nitrogens with zero attached hydrogens (tertiary/aromatic N) is 1. The van der Waals surface area contributed by atoms with Crippen molar-refractivity contribution in [3.63, 3.8) is 0 Å². The average molecular weight is 447 g/mol. The van der Waals surface area contributed by atoms with Crippen LogP contribution in [-0.2, 0) is 4.79 Å². The van der Waals surface area contributed by atoms with Gasteiger partial charge in [-0.05, 0) is 47.8 Å². The molecule has 7 heteroatoms. The first kappa shape index (κ1) is 20.3. The molecule has 0 radical (unpaired) electrons. The molecule has 3 rings (SSSR count). The Morgan fingerprint density at radius 1 is 1.07 bits per heavy atom. The lowest BCUT2D eigenvalue weighted by molar-refractivity contribution is -0.132. The quantitative estimate of drug-likeness (QED) is 0.685. The van der Waals surface area contributed by atoms with E-state index in [1.165, 1.54) is 0 Å². The van der Waals surface area contributed by atoms with Crippen LogP contribution in [0.4, 0.5) is 0 Å². The van der Waals surface area contributed by atoms with Gasteiger partial charge in [0.2, 0.25) is 5.91 Å². The molecule has 148 valence electrons. The maximum absolute atomic E-state index is 12.4. The first-order valence-corrected chi connectivity index (χ1v) is 10.2. The van der Waals surface area contributed by atoms with Crippen molar-refractivity contribution in [2.24, 2.45) is 0 Å². The van der Waals surface area contributed by atoms with E-state index in [0.717, 1.165) is 5.56 Å². The van der Waals surface area contributed by atoms with Crippen molar-refractivity contribution in [3.8, 4) is 0 Å². The molecule has 1 aromatic carbocycles. The summed E-state index contributed by atoms with van der Waals surface area (Å²) in [5.74, 6) is -0.0144. The van der Waals surface area contributed by atoms with Gasteiger partial charge in [-0.2, -0.15) is 0 Å². The predicted octanol–water partition coefficient (Wildman–Crippen LogP) is 3.73. The van der Waals surface area contributed by atoms with Gasteiger partial charge in [-0.1, -0.05) is 29.8 Å². The van der Waals surface area contributed by atoms with Gasteiger partial charge >= 0.3 is 0 Å². The highest BCUT2D eigenvalue weighted by molar-refractivity contribution is 9.10. The van der Waals surface area contributed by atoms with Crippen LogP contribution in [0, 0.1) is 6.92 Å². The van der Waals surface area contributed by atoms with Crippen LogP contribution in [0.5, 0.6) is 0 Å². The lowest BCUT2D eigenvalue weighted by atomic mass is 10.0. The second kappa shape index (κ2) is 9.19. The molecule has 1 aromatic heterocycles. The van der Waals surface area contributed by atoms with Crippen LogP contribution in [0.1, 0.15) is 52.2 Å². The van der Waals surface area contributed by atoms with Gasteiger partial charge in [-0.15, -0.1) is 0 Å². The molecule has 0 aliphatic carbocycles. The summed E-state index contributed by atoms with van der Waals surface area (Å²) in [6.07, 6.45) is 1.80. The molecule has 0 saturated carbocycles. The Kier molecular flexibility index (Phi) is 6.67. The molecule has 28 heavy (non-hydrogen) atoms. The molecule has 1 aliphatic rings. The van der Waals surface area contributed by atoms with Crippen molar-refractivity contribution in [2.75, 3.05) is 13.1 Å². The van der Waals surface area contributed by atoms with E-state index in [1.54, 1.807) is 29.2 Å². The fraction of sp³-hybridized carbons (Fsp3) is 0.381.